The molecule has 11 heavy (non-hydrogen) atoms. The zero-order valence-electron chi connectivity index (χ0n) is 7.03. The van der Waals surface area contributed by atoms with Crippen LogP contribution in [0.3, 0.4) is 0 Å². The molecule has 0 unspecified atom stereocenters. The first-order chi connectivity index (χ1) is 5.11. The Kier molecular flexibility index (Phi) is 2.87. The molecule has 1 fully saturated rings. The highest BCUT2D eigenvalue weighted by atomic mass is 16.5. The maximum atomic E-state index is 9.15. The maximum Gasteiger partial charge on any atom is 0.0837 e. The summed E-state index contributed by atoms with van der Waals surface area (Å²) in [5.74, 6) is 0. The van der Waals surface area contributed by atoms with E-state index in [0.717, 1.165) is 12.8 Å². The van der Waals surface area contributed by atoms with Crippen molar-refractivity contribution in [2.75, 3.05) is 0 Å². The van der Waals surface area contributed by atoms with Crippen LogP contribution in [0.4, 0.5) is 0 Å². The highest BCUT2D eigenvalue weighted by Crippen LogP contribution is 2.23. The molecular weight excluding hydrogens is 144 g/mol. The summed E-state index contributed by atoms with van der Waals surface area (Å²) in [6.45, 7) is 3.43. The van der Waals surface area contributed by atoms with Gasteiger partial charge in [-0.2, -0.15) is 0 Å². The molecule has 1 saturated heterocycles. The molecule has 0 aromatic carbocycles. The number of aliphatic hydroxyl groups is 2. The average molecular weight is 160 g/mol. The molecule has 4 atom stereocenters. The second-order valence-electron chi connectivity index (χ2n) is 3.27. The molecule has 1 rings (SSSR count). The van der Waals surface area contributed by atoms with Gasteiger partial charge in [-0.25, -0.2) is 0 Å². The van der Waals surface area contributed by atoms with E-state index in [1.807, 2.05) is 0 Å². The van der Waals surface area contributed by atoms with Crippen LogP contribution in [0.2, 0.25) is 0 Å². The van der Waals surface area contributed by atoms with Crippen molar-refractivity contribution in [3.05, 3.63) is 0 Å². The standard InChI is InChI=1S/C8H16O3/c1-5(9)7-3-4-8(11-7)6(2)10/h5-10H,3-4H2,1-2H3/t5-,6+,7-,8+. The van der Waals surface area contributed by atoms with Crippen molar-refractivity contribution in [2.45, 2.75) is 51.1 Å². The molecule has 2 N–H and O–H groups in total. The first-order valence-electron chi connectivity index (χ1n) is 4.13. The lowest BCUT2D eigenvalue weighted by Crippen LogP contribution is -2.27. The molecule has 0 amide bonds. The molecule has 66 valence electrons. The minimum atomic E-state index is -0.418. The molecule has 0 saturated carbocycles. The Morgan fingerprint density at radius 2 is 1.45 bits per heavy atom. The van der Waals surface area contributed by atoms with E-state index >= 15 is 0 Å². The molecule has 0 aliphatic carbocycles. The van der Waals surface area contributed by atoms with E-state index in [1.165, 1.54) is 0 Å². The van der Waals surface area contributed by atoms with Gasteiger partial charge in [-0.3, -0.25) is 0 Å². The van der Waals surface area contributed by atoms with E-state index in [1.54, 1.807) is 13.8 Å². The van der Waals surface area contributed by atoms with Crippen LogP contribution in [-0.2, 0) is 4.74 Å². The monoisotopic (exact) mass is 160 g/mol. The minimum absolute atomic E-state index is 0.0744. The Morgan fingerprint density at radius 1 is 1.09 bits per heavy atom. The van der Waals surface area contributed by atoms with Crippen LogP contribution >= 0.6 is 0 Å². The number of rotatable bonds is 2. The minimum Gasteiger partial charge on any atom is -0.391 e. The Morgan fingerprint density at radius 3 is 1.64 bits per heavy atom. The predicted octanol–water partition coefficient (Wildman–Crippen LogP) is 0.296. The predicted molar refractivity (Wildman–Crippen MR) is 41.3 cm³/mol. The van der Waals surface area contributed by atoms with E-state index in [-0.39, 0.29) is 12.2 Å². The third-order valence-corrected chi connectivity index (χ3v) is 2.16. The van der Waals surface area contributed by atoms with Gasteiger partial charge in [0.05, 0.1) is 24.4 Å². The van der Waals surface area contributed by atoms with E-state index in [9.17, 15) is 0 Å². The Labute approximate surface area is 67.0 Å². The molecule has 0 radical (unpaired) electrons. The van der Waals surface area contributed by atoms with Gasteiger partial charge in [-0.15, -0.1) is 0 Å². The highest BCUT2D eigenvalue weighted by molar-refractivity contribution is 4.79. The highest BCUT2D eigenvalue weighted by Gasteiger charge is 2.30. The van der Waals surface area contributed by atoms with Crippen molar-refractivity contribution >= 4 is 0 Å². The largest absolute Gasteiger partial charge is 0.391 e. The molecule has 0 spiro atoms. The fourth-order valence-corrected chi connectivity index (χ4v) is 1.40. The van der Waals surface area contributed by atoms with Gasteiger partial charge >= 0.3 is 0 Å². The van der Waals surface area contributed by atoms with Crippen molar-refractivity contribution in [1.82, 2.24) is 0 Å². The zero-order valence-corrected chi connectivity index (χ0v) is 7.03. The number of aliphatic hydroxyl groups excluding tert-OH is 2. The van der Waals surface area contributed by atoms with E-state index in [4.69, 9.17) is 14.9 Å². The summed E-state index contributed by atoms with van der Waals surface area (Å²) in [4.78, 5) is 0. The van der Waals surface area contributed by atoms with Gasteiger partial charge in [0.15, 0.2) is 0 Å². The summed E-state index contributed by atoms with van der Waals surface area (Å²) in [6, 6.07) is 0. The Balaban J connectivity index is 2.35. The van der Waals surface area contributed by atoms with E-state index in [0.29, 0.717) is 0 Å². The third kappa shape index (κ3) is 2.15. The second-order valence-corrected chi connectivity index (χ2v) is 3.27. The summed E-state index contributed by atoms with van der Waals surface area (Å²) in [7, 11) is 0. The quantitative estimate of drug-likeness (QED) is 0.610. The van der Waals surface area contributed by atoms with Crippen LogP contribution in [0.15, 0.2) is 0 Å². The molecule has 1 aliphatic rings. The van der Waals surface area contributed by atoms with Crippen LogP contribution in [0.5, 0.6) is 0 Å². The topological polar surface area (TPSA) is 49.7 Å². The van der Waals surface area contributed by atoms with Crippen molar-refractivity contribution in [1.29, 1.82) is 0 Å². The van der Waals surface area contributed by atoms with Crippen molar-refractivity contribution in [2.24, 2.45) is 0 Å². The van der Waals surface area contributed by atoms with Crippen molar-refractivity contribution in [3.63, 3.8) is 0 Å². The normalized spacial score (nSPS) is 37.1. The molecule has 1 heterocycles. The summed E-state index contributed by atoms with van der Waals surface area (Å²) in [6.07, 6.45) is 0.724. The van der Waals surface area contributed by atoms with Crippen molar-refractivity contribution in [3.8, 4) is 0 Å². The lowest BCUT2D eigenvalue weighted by Gasteiger charge is -2.17. The summed E-state index contributed by atoms with van der Waals surface area (Å²) < 4.78 is 5.38. The smallest absolute Gasteiger partial charge is 0.0837 e. The fraction of sp³-hybridized carbons (Fsp3) is 1.00. The fourth-order valence-electron chi connectivity index (χ4n) is 1.40. The number of hydrogen-bond donors (Lipinski definition) is 2. The van der Waals surface area contributed by atoms with Crippen LogP contribution in [0.1, 0.15) is 26.7 Å². The molecule has 0 aromatic rings. The molecule has 3 heteroatoms. The first kappa shape index (κ1) is 8.97. The van der Waals surface area contributed by atoms with Crippen LogP contribution in [0.25, 0.3) is 0 Å². The van der Waals surface area contributed by atoms with Crippen LogP contribution in [-0.4, -0.2) is 34.6 Å². The van der Waals surface area contributed by atoms with E-state index < -0.39 is 12.2 Å². The SMILES string of the molecule is C[C@H](O)[C@@H]1CC[C@H]([C@@H](C)O)O1. The lowest BCUT2D eigenvalue weighted by molar-refractivity contribution is -0.0651. The first-order valence-corrected chi connectivity index (χ1v) is 4.13. The molecule has 0 aromatic heterocycles. The zero-order chi connectivity index (χ0) is 8.43. The molecule has 3 nitrogen and oxygen atoms in total. The van der Waals surface area contributed by atoms with E-state index in [2.05, 4.69) is 0 Å². The van der Waals surface area contributed by atoms with Gasteiger partial charge in [0.1, 0.15) is 0 Å². The van der Waals surface area contributed by atoms with Gasteiger partial charge in [0.25, 0.3) is 0 Å². The second kappa shape index (κ2) is 3.52. The summed E-state index contributed by atoms with van der Waals surface area (Å²) in [5, 5.41) is 18.3. The molecule has 1 aliphatic heterocycles. The molecule has 0 bridgehead atoms. The lowest BCUT2D eigenvalue weighted by atomic mass is 10.1. The van der Waals surface area contributed by atoms with Crippen molar-refractivity contribution < 1.29 is 14.9 Å². The van der Waals surface area contributed by atoms with Crippen LogP contribution < -0.4 is 0 Å². The van der Waals surface area contributed by atoms with Crippen LogP contribution in [0, 0.1) is 0 Å². The number of hydrogen-bond acceptors (Lipinski definition) is 3. The van der Waals surface area contributed by atoms with Gasteiger partial charge in [-0.1, -0.05) is 0 Å². The summed E-state index contributed by atoms with van der Waals surface area (Å²) in [5.41, 5.74) is 0. The maximum absolute atomic E-state index is 9.15. The Hall–Kier alpha value is -0.120. The van der Waals surface area contributed by atoms with Gasteiger partial charge in [-0.05, 0) is 26.7 Å². The van der Waals surface area contributed by atoms with Gasteiger partial charge in [0, 0.05) is 0 Å². The van der Waals surface area contributed by atoms with Gasteiger partial charge < -0.3 is 14.9 Å². The number of ether oxygens (including phenoxy) is 1. The third-order valence-electron chi connectivity index (χ3n) is 2.16. The molecular formula is C8H16O3. The average Bonchev–Trinajstić information content (AvgIpc) is 2.33. The summed E-state index contributed by atoms with van der Waals surface area (Å²) >= 11 is 0. The van der Waals surface area contributed by atoms with Gasteiger partial charge in [0.2, 0.25) is 0 Å². The Bertz CT molecular complexity index is 109.